The molecule has 1 aromatic rings. The lowest BCUT2D eigenvalue weighted by Crippen LogP contribution is -2.27. The molecule has 4 heteroatoms. The van der Waals surface area contributed by atoms with Crippen molar-refractivity contribution in [3.63, 3.8) is 0 Å². The van der Waals surface area contributed by atoms with E-state index < -0.39 is 0 Å². The van der Waals surface area contributed by atoms with Gasteiger partial charge in [-0.2, -0.15) is 0 Å². The zero-order valence-corrected chi connectivity index (χ0v) is 12.3. The third-order valence-corrected chi connectivity index (χ3v) is 4.73. The molecule has 1 aliphatic heterocycles. The summed E-state index contributed by atoms with van der Waals surface area (Å²) in [6, 6.07) is 8.69. The van der Waals surface area contributed by atoms with Crippen LogP contribution in [0.5, 0.6) is 0 Å². The summed E-state index contributed by atoms with van der Waals surface area (Å²) in [4.78, 5) is 1.44. The molecule has 1 aliphatic rings. The third kappa shape index (κ3) is 4.16. The topological polar surface area (TPSA) is 21.3 Å². The Morgan fingerprint density at radius 2 is 2.33 bits per heavy atom. The highest BCUT2D eigenvalue weighted by atomic mass is 35.5. The number of hydrogen-bond donors (Lipinski definition) is 1. The van der Waals surface area contributed by atoms with Crippen LogP contribution in [0.1, 0.15) is 12.0 Å². The Kier molecular flexibility index (Phi) is 5.83. The molecule has 100 valence electrons. The van der Waals surface area contributed by atoms with Crippen molar-refractivity contribution in [3.8, 4) is 0 Å². The number of rotatable bonds is 7. The summed E-state index contributed by atoms with van der Waals surface area (Å²) in [5.41, 5.74) is 1.49. The molecule has 1 heterocycles. The molecule has 0 spiro atoms. The molecule has 2 unspecified atom stereocenters. The minimum Gasteiger partial charge on any atom is -0.383 e. The summed E-state index contributed by atoms with van der Waals surface area (Å²) in [5.74, 6) is 0. The maximum absolute atomic E-state index is 6.08. The summed E-state index contributed by atoms with van der Waals surface area (Å²) in [6.07, 6.45) is 2.13. The molecule has 0 bridgehead atoms. The number of hydrogen-bond acceptors (Lipinski definition) is 3. The molecule has 0 amide bonds. The second-order valence-corrected chi connectivity index (χ2v) is 6.56. The Hall–Kier alpha value is -0.220. The molecule has 1 N–H and O–H groups in total. The lowest BCUT2D eigenvalue weighted by atomic mass is 10.1. The highest BCUT2D eigenvalue weighted by Crippen LogP contribution is 2.36. The van der Waals surface area contributed by atoms with Crippen LogP contribution in [0.25, 0.3) is 0 Å². The van der Waals surface area contributed by atoms with Gasteiger partial charge in [-0.25, -0.2) is 0 Å². The van der Waals surface area contributed by atoms with Crippen molar-refractivity contribution in [2.24, 2.45) is 0 Å². The van der Waals surface area contributed by atoms with Gasteiger partial charge in [0, 0.05) is 23.8 Å². The van der Waals surface area contributed by atoms with Gasteiger partial charge in [0.2, 0.25) is 0 Å². The number of benzene rings is 1. The van der Waals surface area contributed by atoms with Crippen LogP contribution in [0, 0.1) is 0 Å². The molecule has 0 saturated carbocycles. The molecule has 0 aromatic heterocycles. The van der Waals surface area contributed by atoms with Gasteiger partial charge in [0.15, 0.2) is 0 Å². The number of nitrogens with one attached hydrogen (secondary N) is 1. The molecular weight excluding hydrogens is 266 g/mol. The van der Waals surface area contributed by atoms with Crippen molar-refractivity contribution in [2.45, 2.75) is 28.4 Å². The average Bonchev–Trinajstić information content (AvgIpc) is 2.77. The fourth-order valence-corrected chi connectivity index (χ4v) is 3.67. The highest BCUT2D eigenvalue weighted by Gasteiger charge is 2.21. The molecule has 2 nitrogen and oxygen atoms in total. The van der Waals surface area contributed by atoms with E-state index in [9.17, 15) is 0 Å². The Bertz CT molecular complexity index is 350. The van der Waals surface area contributed by atoms with Crippen LogP contribution in [-0.2, 0) is 11.2 Å². The van der Waals surface area contributed by atoms with Crippen LogP contribution in [0.15, 0.2) is 29.2 Å². The molecule has 0 radical (unpaired) electrons. The van der Waals surface area contributed by atoms with Crippen LogP contribution in [0.3, 0.4) is 0 Å². The van der Waals surface area contributed by atoms with Gasteiger partial charge in [-0.05, 0) is 31.0 Å². The van der Waals surface area contributed by atoms with E-state index in [4.69, 9.17) is 16.3 Å². The first-order valence-corrected chi connectivity index (χ1v) is 7.69. The smallest absolute Gasteiger partial charge is 0.0626 e. The van der Waals surface area contributed by atoms with Crippen LogP contribution < -0.4 is 5.32 Å². The fourth-order valence-electron chi connectivity index (χ4n) is 2.15. The van der Waals surface area contributed by atoms with Crippen molar-refractivity contribution < 1.29 is 4.74 Å². The number of ether oxygens (including phenoxy) is 1. The van der Waals surface area contributed by atoms with E-state index in [1.165, 1.54) is 16.9 Å². The Morgan fingerprint density at radius 3 is 3.11 bits per heavy atom. The van der Waals surface area contributed by atoms with E-state index in [1.807, 2.05) is 11.8 Å². The zero-order valence-electron chi connectivity index (χ0n) is 10.7. The lowest BCUT2D eigenvalue weighted by molar-refractivity contribution is 0.195. The SMILES string of the molecule is COCC(Cl)CCNCC1Cc2ccccc2S1. The number of halogens is 1. The van der Waals surface area contributed by atoms with Crippen LogP contribution in [0.2, 0.25) is 0 Å². The molecule has 1 aromatic carbocycles. The second kappa shape index (κ2) is 7.39. The van der Waals surface area contributed by atoms with Gasteiger partial charge in [0.25, 0.3) is 0 Å². The Labute approximate surface area is 118 Å². The largest absolute Gasteiger partial charge is 0.383 e. The van der Waals surface area contributed by atoms with Gasteiger partial charge in [0.1, 0.15) is 0 Å². The molecule has 18 heavy (non-hydrogen) atoms. The molecule has 2 rings (SSSR count). The number of alkyl halides is 1. The highest BCUT2D eigenvalue weighted by molar-refractivity contribution is 8.00. The van der Waals surface area contributed by atoms with Gasteiger partial charge >= 0.3 is 0 Å². The minimum atomic E-state index is 0.121. The molecule has 0 aliphatic carbocycles. The minimum absolute atomic E-state index is 0.121. The summed E-state index contributed by atoms with van der Waals surface area (Å²) in [6.45, 7) is 2.65. The Morgan fingerprint density at radius 1 is 1.50 bits per heavy atom. The van der Waals surface area contributed by atoms with Crippen molar-refractivity contribution in [2.75, 3.05) is 26.8 Å². The standard InChI is InChI=1S/C14H20ClNOS/c1-17-10-12(15)6-7-16-9-13-8-11-4-2-3-5-14(11)18-13/h2-5,12-13,16H,6-10H2,1H3. The van der Waals surface area contributed by atoms with E-state index in [1.54, 1.807) is 7.11 Å². The summed E-state index contributed by atoms with van der Waals surface area (Å²) >= 11 is 8.06. The molecule has 2 atom stereocenters. The van der Waals surface area contributed by atoms with E-state index in [2.05, 4.69) is 29.6 Å². The normalized spacial score (nSPS) is 19.8. The van der Waals surface area contributed by atoms with Gasteiger partial charge in [0.05, 0.1) is 12.0 Å². The van der Waals surface area contributed by atoms with Crippen molar-refractivity contribution in [1.82, 2.24) is 5.32 Å². The maximum Gasteiger partial charge on any atom is 0.0626 e. The quantitative estimate of drug-likeness (QED) is 0.615. The van der Waals surface area contributed by atoms with Crippen molar-refractivity contribution >= 4 is 23.4 Å². The second-order valence-electron chi connectivity index (χ2n) is 4.60. The van der Waals surface area contributed by atoms with Gasteiger partial charge in [-0.15, -0.1) is 23.4 Å². The molecule has 0 saturated heterocycles. The summed E-state index contributed by atoms with van der Waals surface area (Å²) < 4.78 is 5.01. The van der Waals surface area contributed by atoms with Gasteiger partial charge in [-0.1, -0.05) is 18.2 Å². The monoisotopic (exact) mass is 285 g/mol. The third-order valence-electron chi connectivity index (χ3n) is 3.07. The van der Waals surface area contributed by atoms with E-state index in [-0.39, 0.29) is 5.38 Å². The van der Waals surface area contributed by atoms with Crippen molar-refractivity contribution in [1.29, 1.82) is 0 Å². The van der Waals surface area contributed by atoms with E-state index in [0.29, 0.717) is 11.9 Å². The Balaban J connectivity index is 1.62. The van der Waals surface area contributed by atoms with Crippen LogP contribution in [0.4, 0.5) is 0 Å². The summed E-state index contributed by atoms with van der Waals surface area (Å²) in [5, 5.41) is 4.28. The van der Waals surface area contributed by atoms with Gasteiger partial charge < -0.3 is 10.1 Å². The summed E-state index contributed by atoms with van der Waals surface area (Å²) in [7, 11) is 1.69. The van der Waals surface area contributed by atoms with E-state index in [0.717, 1.165) is 19.5 Å². The average molecular weight is 286 g/mol. The predicted molar refractivity (Wildman–Crippen MR) is 78.8 cm³/mol. The van der Waals surface area contributed by atoms with Crippen LogP contribution in [-0.4, -0.2) is 37.4 Å². The maximum atomic E-state index is 6.08. The van der Waals surface area contributed by atoms with Crippen LogP contribution >= 0.6 is 23.4 Å². The van der Waals surface area contributed by atoms with E-state index >= 15 is 0 Å². The first-order chi connectivity index (χ1) is 8.79. The fraction of sp³-hybridized carbons (Fsp3) is 0.571. The molecular formula is C14H20ClNOS. The lowest BCUT2D eigenvalue weighted by Gasteiger charge is -2.12. The first-order valence-electron chi connectivity index (χ1n) is 6.38. The predicted octanol–water partition coefficient (Wildman–Crippen LogP) is 2.94. The van der Waals surface area contributed by atoms with Crippen molar-refractivity contribution in [3.05, 3.63) is 29.8 Å². The van der Waals surface area contributed by atoms with Gasteiger partial charge in [-0.3, -0.25) is 0 Å². The molecule has 0 fully saturated rings. The number of thioether (sulfide) groups is 1. The number of methoxy groups -OCH3 is 1. The number of fused-ring (bicyclic) bond motifs is 1. The zero-order chi connectivity index (χ0) is 12.8. The first kappa shape index (κ1) is 14.2.